The molecule has 1 fully saturated rings. The minimum absolute atomic E-state index is 0.180. The lowest BCUT2D eigenvalue weighted by Crippen LogP contribution is -2.34. The highest BCUT2D eigenvalue weighted by Gasteiger charge is 2.26. The molecule has 2 atom stereocenters. The summed E-state index contributed by atoms with van der Waals surface area (Å²) in [6.45, 7) is 2.30. The number of hydrogen-bond acceptors (Lipinski definition) is 4. The number of rotatable bonds is 3. The maximum Gasteiger partial charge on any atom is 0.330 e. The van der Waals surface area contributed by atoms with E-state index >= 15 is 0 Å². The van der Waals surface area contributed by atoms with E-state index in [0.29, 0.717) is 5.56 Å². The van der Waals surface area contributed by atoms with E-state index in [1.165, 1.54) is 4.57 Å². The van der Waals surface area contributed by atoms with Gasteiger partial charge in [-0.3, -0.25) is 14.3 Å². The summed E-state index contributed by atoms with van der Waals surface area (Å²) in [7, 11) is 0. The number of ether oxygens (including phenoxy) is 1. The van der Waals surface area contributed by atoms with Crippen LogP contribution in [0.2, 0.25) is 0 Å². The van der Waals surface area contributed by atoms with Gasteiger partial charge in [-0.2, -0.15) is 0 Å². The van der Waals surface area contributed by atoms with Gasteiger partial charge in [0.1, 0.15) is 6.23 Å². The molecule has 1 saturated heterocycles. The molecule has 20 heavy (non-hydrogen) atoms. The second-order valence-corrected chi connectivity index (χ2v) is 4.75. The highest BCUT2D eigenvalue weighted by molar-refractivity contribution is 5.15. The largest absolute Gasteiger partial charge is 0.355 e. The fourth-order valence-corrected chi connectivity index (χ4v) is 2.29. The van der Waals surface area contributed by atoms with Crippen LogP contribution in [0.3, 0.4) is 0 Å². The second-order valence-electron chi connectivity index (χ2n) is 4.75. The first kappa shape index (κ1) is 14.6. The van der Waals surface area contributed by atoms with Gasteiger partial charge in [0.05, 0.1) is 12.6 Å². The monoisotopic (exact) mass is 277 g/mol. The molecule has 108 valence electrons. The maximum absolute atomic E-state index is 11.9. The van der Waals surface area contributed by atoms with Crippen LogP contribution in [0.4, 0.5) is 0 Å². The lowest BCUT2D eigenvalue weighted by molar-refractivity contribution is -0.00213. The van der Waals surface area contributed by atoms with E-state index in [1.807, 2.05) is 0 Å². The van der Waals surface area contributed by atoms with Gasteiger partial charge in [-0.25, -0.2) is 4.79 Å². The van der Waals surface area contributed by atoms with E-state index in [9.17, 15) is 9.59 Å². The molecular weight excluding hydrogens is 258 g/mol. The minimum atomic E-state index is -0.438. The molecule has 0 saturated carbocycles. The van der Waals surface area contributed by atoms with Crippen molar-refractivity contribution in [2.45, 2.75) is 44.9 Å². The number of aromatic nitrogens is 2. The summed E-state index contributed by atoms with van der Waals surface area (Å²) < 4.78 is 7.24. The second kappa shape index (κ2) is 6.55. The maximum atomic E-state index is 11.9. The van der Waals surface area contributed by atoms with Crippen LogP contribution < -0.4 is 17.0 Å². The third-order valence-corrected chi connectivity index (χ3v) is 3.40. The van der Waals surface area contributed by atoms with Crippen LogP contribution in [0.1, 0.15) is 38.0 Å². The molecular formula is C14H19N3O3. The summed E-state index contributed by atoms with van der Waals surface area (Å²) in [6, 6.07) is 0. The molecule has 0 radical (unpaired) electrons. The molecule has 1 aromatic heterocycles. The van der Waals surface area contributed by atoms with Crippen LogP contribution in [0.15, 0.2) is 15.8 Å². The van der Waals surface area contributed by atoms with Gasteiger partial charge in [0.25, 0.3) is 5.56 Å². The first-order valence-corrected chi connectivity index (χ1v) is 6.81. The number of nitrogens with two attached hydrogens (primary N) is 1. The zero-order valence-electron chi connectivity index (χ0n) is 11.5. The summed E-state index contributed by atoms with van der Waals surface area (Å²) in [5.74, 6) is 5.50. The normalized spacial score (nSPS) is 21.5. The van der Waals surface area contributed by atoms with Crippen molar-refractivity contribution in [3.63, 3.8) is 0 Å². The Hall–Kier alpha value is -1.84. The van der Waals surface area contributed by atoms with Crippen molar-refractivity contribution >= 4 is 0 Å². The molecule has 0 amide bonds. The van der Waals surface area contributed by atoms with Gasteiger partial charge >= 0.3 is 5.69 Å². The fourth-order valence-electron chi connectivity index (χ4n) is 2.29. The fraction of sp³-hybridized carbons (Fsp3) is 0.571. The Labute approximate surface area is 116 Å². The molecule has 2 heterocycles. The lowest BCUT2D eigenvalue weighted by atomic mass is 10.2. The van der Waals surface area contributed by atoms with Crippen molar-refractivity contribution in [2.24, 2.45) is 5.73 Å². The summed E-state index contributed by atoms with van der Waals surface area (Å²) in [5.41, 5.74) is 4.89. The molecule has 0 spiro atoms. The number of aromatic amines is 1. The number of nitrogens with zero attached hydrogens (tertiary/aromatic N) is 1. The Morgan fingerprint density at radius 3 is 2.90 bits per heavy atom. The molecule has 6 nitrogen and oxygen atoms in total. The summed E-state index contributed by atoms with van der Waals surface area (Å²) in [6.07, 6.45) is 4.33. The highest BCUT2D eigenvalue weighted by Crippen LogP contribution is 2.28. The van der Waals surface area contributed by atoms with E-state index in [-0.39, 0.29) is 25.3 Å². The van der Waals surface area contributed by atoms with Crippen molar-refractivity contribution < 1.29 is 4.74 Å². The average molecular weight is 277 g/mol. The molecule has 2 rings (SSSR count). The first-order valence-electron chi connectivity index (χ1n) is 6.81. The lowest BCUT2D eigenvalue weighted by Gasteiger charge is -2.15. The Morgan fingerprint density at radius 2 is 2.25 bits per heavy atom. The van der Waals surface area contributed by atoms with Crippen LogP contribution >= 0.6 is 0 Å². The summed E-state index contributed by atoms with van der Waals surface area (Å²) in [4.78, 5) is 25.9. The van der Waals surface area contributed by atoms with E-state index in [0.717, 1.165) is 19.3 Å². The van der Waals surface area contributed by atoms with Crippen LogP contribution in [0.25, 0.3) is 0 Å². The standard InChI is InChI=1S/C14H19N3O3/c1-2-11-6-7-12(20-11)17-9-10(5-3-4-8-15)13(18)16-14(17)19/h9,11-12H,2,5-8,15H2,1H3,(H,16,18,19)/t11-,12-/m1/s1. The Balaban J connectivity index is 2.27. The molecule has 0 unspecified atom stereocenters. The minimum Gasteiger partial charge on any atom is -0.355 e. The Kier molecular flexibility index (Phi) is 4.77. The number of nitrogens with one attached hydrogen (secondary N) is 1. The predicted molar refractivity (Wildman–Crippen MR) is 75.3 cm³/mol. The number of hydrogen-bond donors (Lipinski definition) is 2. The van der Waals surface area contributed by atoms with Gasteiger partial charge < -0.3 is 10.5 Å². The molecule has 1 aromatic rings. The van der Waals surface area contributed by atoms with E-state index in [2.05, 4.69) is 23.7 Å². The van der Waals surface area contributed by atoms with Crippen molar-refractivity contribution in [1.29, 1.82) is 0 Å². The van der Waals surface area contributed by atoms with Crippen molar-refractivity contribution in [1.82, 2.24) is 9.55 Å². The van der Waals surface area contributed by atoms with Crippen molar-refractivity contribution in [3.05, 3.63) is 32.6 Å². The zero-order valence-corrected chi connectivity index (χ0v) is 11.5. The van der Waals surface area contributed by atoms with E-state index in [1.54, 1.807) is 6.20 Å². The van der Waals surface area contributed by atoms with Gasteiger partial charge in [-0.15, -0.1) is 0 Å². The zero-order chi connectivity index (χ0) is 14.5. The SMILES string of the molecule is CC[C@@H]1CC[C@H](n2cc(CC#CCN)c(=O)[nH]c2=O)O1. The topological polar surface area (TPSA) is 90.1 Å². The van der Waals surface area contributed by atoms with E-state index in [4.69, 9.17) is 10.5 Å². The van der Waals surface area contributed by atoms with Crippen LogP contribution in [0.5, 0.6) is 0 Å². The summed E-state index contributed by atoms with van der Waals surface area (Å²) in [5, 5.41) is 0. The van der Waals surface area contributed by atoms with Crippen LogP contribution in [0, 0.1) is 11.8 Å². The smallest absolute Gasteiger partial charge is 0.330 e. The van der Waals surface area contributed by atoms with Gasteiger partial charge in [0.15, 0.2) is 0 Å². The molecule has 1 aliphatic rings. The molecule has 3 N–H and O–H groups in total. The quantitative estimate of drug-likeness (QED) is 0.768. The Morgan fingerprint density at radius 1 is 1.45 bits per heavy atom. The van der Waals surface area contributed by atoms with Gasteiger partial charge in [0.2, 0.25) is 0 Å². The molecule has 0 bridgehead atoms. The van der Waals surface area contributed by atoms with Crippen molar-refractivity contribution in [2.75, 3.05) is 6.54 Å². The van der Waals surface area contributed by atoms with Crippen molar-refractivity contribution in [3.8, 4) is 11.8 Å². The molecule has 6 heteroatoms. The summed E-state index contributed by atoms with van der Waals surface area (Å²) >= 11 is 0. The van der Waals surface area contributed by atoms with Crippen LogP contribution in [-0.4, -0.2) is 22.2 Å². The van der Waals surface area contributed by atoms with Gasteiger partial charge in [0, 0.05) is 18.2 Å². The Bertz CT molecular complexity index is 636. The van der Waals surface area contributed by atoms with Crippen LogP contribution in [-0.2, 0) is 11.2 Å². The highest BCUT2D eigenvalue weighted by atomic mass is 16.5. The molecule has 1 aliphatic heterocycles. The third-order valence-electron chi connectivity index (χ3n) is 3.40. The molecule has 0 aliphatic carbocycles. The van der Waals surface area contributed by atoms with E-state index < -0.39 is 11.2 Å². The van der Waals surface area contributed by atoms with Gasteiger partial charge in [-0.1, -0.05) is 18.8 Å². The predicted octanol–water partition coefficient (Wildman–Crippen LogP) is 0.129. The first-order chi connectivity index (χ1) is 9.65. The molecule has 0 aromatic carbocycles. The van der Waals surface area contributed by atoms with Gasteiger partial charge in [-0.05, 0) is 19.3 Å². The number of H-pyrrole nitrogens is 1. The average Bonchev–Trinajstić information content (AvgIpc) is 2.90. The third kappa shape index (κ3) is 3.18.